The monoisotopic (exact) mass is 432 g/mol. The molecule has 164 valence electrons. The van der Waals surface area contributed by atoms with Crippen molar-refractivity contribution in [3.8, 4) is 0 Å². The maximum Gasteiger partial charge on any atom is 0.304 e. The van der Waals surface area contributed by atoms with E-state index in [9.17, 15) is 14.7 Å². The van der Waals surface area contributed by atoms with E-state index in [1.165, 1.54) is 43.0 Å². The van der Waals surface area contributed by atoms with Gasteiger partial charge in [-0.2, -0.15) is 0 Å². The molecule has 0 bridgehead atoms. The molecule has 6 nitrogen and oxygen atoms in total. The largest absolute Gasteiger partial charge is 0.481 e. The number of carboxylic acids is 2. The summed E-state index contributed by atoms with van der Waals surface area (Å²) < 4.78 is 2.02. The Morgan fingerprint density at radius 2 is 1.67 bits per heavy atom. The predicted molar refractivity (Wildman–Crippen MR) is 120 cm³/mol. The first-order valence-corrected chi connectivity index (χ1v) is 11.7. The van der Waals surface area contributed by atoms with Crippen LogP contribution in [0.4, 0.5) is 0 Å². The normalized spacial score (nSPS) is 12.0. The molecule has 1 atom stereocenters. The number of hydrogen-bond donors (Lipinski definition) is 2. The van der Waals surface area contributed by atoms with E-state index in [4.69, 9.17) is 5.11 Å². The summed E-state index contributed by atoms with van der Waals surface area (Å²) in [6.07, 6.45) is 11.8. The third-order valence-corrected chi connectivity index (χ3v) is 6.21. The zero-order chi connectivity index (χ0) is 21.6. The average Bonchev–Trinajstić information content (AvgIpc) is 3.18. The summed E-state index contributed by atoms with van der Waals surface area (Å²) >= 11 is 1.36. The van der Waals surface area contributed by atoms with Crippen LogP contribution in [-0.2, 0) is 22.6 Å². The van der Waals surface area contributed by atoms with Gasteiger partial charge in [-0.25, -0.2) is 4.98 Å². The van der Waals surface area contributed by atoms with Crippen molar-refractivity contribution in [2.75, 3.05) is 5.75 Å². The Bertz CT molecular complexity index is 764. The van der Waals surface area contributed by atoms with E-state index in [1.54, 1.807) is 6.20 Å². The number of carboxylic acid groups (broad SMARTS) is 2. The van der Waals surface area contributed by atoms with E-state index >= 15 is 0 Å². The van der Waals surface area contributed by atoms with Crippen LogP contribution in [0.2, 0.25) is 0 Å². The second-order valence-electron chi connectivity index (χ2n) is 7.44. The van der Waals surface area contributed by atoms with Gasteiger partial charge in [-0.3, -0.25) is 9.59 Å². The summed E-state index contributed by atoms with van der Waals surface area (Å²) in [5.41, 5.74) is 1.40. The summed E-state index contributed by atoms with van der Waals surface area (Å²) in [5, 5.41) is 17.7. The molecule has 1 heterocycles. The second-order valence-corrected chi connectivity index (χ2v) is 8.75. The zero-order valence-corrected chi connectivity index (χ0v) is 18.2. The van der Waals surface area contributed by atoms with Crippen LogP contribution in [0, 0.1) is 0 Å². The highest BCUT2D eigenvalue weighted by atomic mass is 32.2. The molecule has 7 heteroatoms. The van der Waals surface area contributed by atoms with Crippen LogP contribution in [0.3, 0.4) is 0 Å². The maximum atomic E-state index is 11.2. The fraction of sp³-hybridized carbons (Fsp3) is 0.522. The number of hydrogen-bond acceptors (Lipinski definition) is 4. The number of carbonyl (C=O) groups is 2. The minimum absolute atomic E-state index is 0.0196. The topological polar surface area (TPSA) is 92.4 Å². The molecule has 1 unspecified atom stereocenters. The Kier molecular flexibility index (Phi) is 11.1. The number of aliphatic carboxylic acids is 2. The number of thioether (sulfide) groups is 1. The van der Waals surface area contributed by atoms with Crippen molar-refractivity contribution in [1.82, 2.24) is 9.55 Å². The zero-order valence-electron chi connectivity index (χ0n) is 17.4. The number of unbranched alkanes of at least 4 members (excludes halogenated alkanes) is 5. The Balaban J connectivity index is 1.68. The van der Waals surface area contributed by atoms with Crippen molar-refractivity contribution in [2.45, 2.75) is 69.6 Å². The molecule has 0 aliphatic carbocycles. The molecule has 2 rings (SSSR count). The lowest BCUT2D eigenvalue weighted by molar-refractivity contribution is -0.137. The maximum absolute atomic E-state index is 11.2. The fourth-order valence-corrected chi connectivity index (χ4v) is 4.62. The highest BCUT2D eigenvalue weighted by molar-refractivity contribution is 7.99. The summed E-state index contributed by atoms with van der Waals surface area (Å²) in [7, 11) is 0. The Labute approximate surface area is 182 Å². The van der Waals surface area contributed by atoms with Crippen LogP contribution in [0.25, 0.3) is 0 Å². The Hall–Kier alpha value is -2.28. The minimum Gasteiger partial charge on any atom is -0.481 e. The summed E-state index contributed by atoms with van der Waals surface area (Å²) in [6.45, 7) is 0.814. The standard InChI is InChI=1S/C23H32N2O4S/c26-21(27)13-17-30-20(18-22(28)29)23-24-14-16-25(23)15-9-4-2-1-3-6-10-19-11-7-5-8-12-19/h5,7-8,11-12,14,16,20H,1-4,6,9-10,13,15,17-18H2,(H,26,27)(H,28,29). The van der Waals surface area contributed by atoms with E-state index in [0.717, 1.165) is 31.6 Å². The van der Waals surface area contributed by atoms with Gasteiger partial charge in [-0.1, -0.05) is 56.0 Å². The van der Waals surface area contributed by atoms with Gasteiger partial charge in [0.25, 0.3) is 0 Å². The lowest BCUT2D eigenvalue weighted by atomic mass is 10.0. The number of benzene rings is 1. The first-order chi connectivity index (χ1) is 14.6. The van der Waals surface area contributed by atoms with Crippen LogP contribution < -0.4 is 0 Å². The molecule has 2 N–H and O–H groups in total. The van der Waals surface area contributed by atoms with Crippen molar-refractivity contribution < 1.29 is 19.8 Å². The third kappa shape index (κ3) is 9.48. The van der Waals surface area contributed by atoms with Gasteiger partial charge in [-0.05, 0) is 24.8 Å². The molecule has 1 aromatic heterocycles. The highest BCUT2D eigenvalue weighted by Crippen LogP contribution is 2.31. The molecule has 0 spiro atoms. The molecule has 30 heavy (non-hydrogen) atoms. The molecule has 0 saturated heterocycles. The van der Waals surface area contributed by atoms with E-state index < -0.39 is 11.9 Å². The van der Waals surface area contributed by atoms with Crippen molar-refractivity contribution >= 4 is 23.7 Å². The Morgan fingerprint density at radius 1 is 0.967 bits per heavy atom. The molecule has 0 amide bonds. The van der Waals surface area contributed by atoms with Crippen molar-refractivity contribution in [3.63, 3.8) is 0 Å². The van der Waals surface area contributed by atoms with E-state index in [1.807, 2.05) is 16.8 Å². The predicted octanol–water partition coefficient (Wildman–Crippen LogP) is 5.19. The summed E-state index contributed by atoms with van der Waals surface area (Å²) in [4.78, 5) is 26.3. The molecule has 1 aromatic carbocycles. The van der Waals surface area contributed by atoms with Gasteiger partial charge in [0.2, 0.25) is 0 Å². The molecular formula is C23H32N2O4S. The lowest BCUT2D eigenvalue weighted by Gasteiger charge is -2.16. The molecule has 0 radical (unpaired) electrons. The molecule has 0 aliphatic heterocycles. The van der Waals surface area contributed by atoms with E-state index in [0.29, 0.717) is 5.75 Å². The van der Waals surface area contributed by atoms with Crippen LogP contribution in [0.5, 0.6) is 0 Å². The van der Waals surface area contributed by atoms with Crippen LogP contribution >= 0.6 is 11.8 Å². The molecule has 0 fully saturated rings. The van der Waals surface area contributed by atoms with Crippen molar-refractivity contribution in [2.24, 2.45) is 0 Å². The fourth-order valence-electron chi connectivity index (χ4n) is 3.43. The van der Waals surface area contributed by atoms with Crippen LogP contribution in [-0.4, -0.2) is 37.5 Å². The van der Waals surface area contributed by atoms with Crippen LogP contribution in [0.15, 0.2) is 42.7 Å². The third-order valence-electron chi connectivity index (χ3n) is 4.99. The van der Waals surface area contributed by atoms with Gasteiger partial charge >= 0.3 is 11.9 Å². The minimum atomic E-state index is -0.895. The van der Waals surface area contributed by atoms with Crippen molar-refractivity contribution in [3.05, 3.63) is 54.1 Å². The average molecular weight is 433 g/mol. The number of aromatic nitrogens is 2. The summed E-state index contributed by atoms with van der Waals surface area (Å²) in [5.74, 6) is -0.657. The number of nitrogens with zero attached hydrogens (tertiary/aromatic N) is 2. The molecular weight excluding hydrogens is 400 g/mol. The van der Waals surface area contributed by atoms with Gasteiger partial charge in [0, 0.05) is 24.7 Å². The lowest BCUT2D eigenvalue weighted by Crippen LogP contribution is -2.12. The quantitative estimate of drug-likeness (QED) is 0.355. The molecule has 0 aliphatic rings. The number of aryl methyl sites for hydroxylation is 2. The van der Waals surface area contributed by atoms with Crippen LogP contribution in [0.1, 0.15) is 68.0 Å². The van der Waals surface area contributed by atoms with Crippen molar-refractivity contribution in [1.29, 1.82) is 0 Å². The molecule has 2 aromatic rings. The van der Waals surface area contributed by atoms with E-state index in [-0.39, 0.29) is 18.1 Å². The number of rotatable bonds is 16. The Morgan fingerprint density at radius 3 is 2.37 bits per heavy atom. The first-order valence-electron chi connectivity index (χ1n) is 10.7. The smallest absolute Gasteiger partial charge is 0.304 e. The second kappa shape index (κ2) is 13.9. The first kappa shape index (κ1) is 24.0. The SMILES string of the molecule is O=C(O)CCSC(CC(=O)O)c1nccn1CCCCCCCCc1ccccc1. The number of imidazole rings is 1. The highest BCUT2D eigenvalue weighted by Gasteiger charge is 2.21. The van der Waals surface area contributed by atoms with Gasteiger partial charge < -0.3 is 14.8 Å². The molecule has 0 saturated carbocycles. The van der Waals surface area contributed by atoms with Gasteiger partial charge in [0.15, 0.2) is 0 Å². The van der Waals surface area contributed by atoms with Gasteiger partial charge in [0.05, 0.1) is 18.1 Å². The van der Waals surface area contributed by atoms with Gasteiger partial charge in [-0.15, -0.1) is 11.8 Å². The van der Waals surface area contributed by atoms with E-state index in [2.05, 4.69) is 29.2 Å². The van der Waals surface area contributed by atoms with Gasteiger partial charge in [0.1, 0.15) is 5.82 Å². The summed E-state index contributed by atoms with van der Waals surface area (Å²) in [6, 6.07) is 10.6.